The molecule has 0 unspecified atom stereocenters. The predicted molar refractivity (Wildman–Crippen MR) is 165 cm³/mol. The molecule has 0 saturated carbocycles. The summed E-state index contributed by atoms with van der Waals surface area (Å²) in [6, 6.07) is 4.48. The summed E-state index contributed by atoms with van der Waals surface area (Å²) in [6.07, 6.45) is 0.934. The van der Waals surface area contributed by atoms with Crippen molar-refractivity contribution in [3.8, 4) is 17.1 Å². The average molecular weight is 704 g/mol. The second-order valence-electron chi connectivity index (χ2n) is 9.76. The van der Waals surface area contributed by atoms with E-state index in [2.05, 4.69) is 15.4 Å². The monoisotopic (exact) mass is 703 g/mol. The molecule has 0 fully saturated rings. The summed E-state index contributed by atoms with van der Waals surface area (Å²) in [6.45, 7) is 8.33. The van der Waals surface area contributed by atoms with Gasteiger partial charge in [0.25, 0.3) is 5.56 Å². The number of aromatic amines is 1. The minimum absolute atomic E-state index is 0.0107. The zero-order valence-corrected chi connectivity index (χ0v) is 27.2. The van der Waals surface area contributed by atoms with Crippen LogP contribution in [0.25, 0.3) is 22.4 Å². The Labute approximate surface area is 253 Å². The number of aryl methyl sites for hydroxylation is 2. The van der Waals surface area contributed by atoms with E-state index in [1.54, 1.807) is 25.1 Å². The van der Waals surface area contributed by atoms with E-state index in [9.17, 15) is 18.0 Å². The molecule has 1 amide bonds. The summed E-state index contributed by atoms with van der Waals surface area (Å²) < 4.78 is 41.4. The normalized spacial score (nSPS) is 12.0. The topological polar surface area (TPSA) is 152 Å². The fourth-order valence-electron chi connectivity index (χ4n) is 4.10. The first-order chi connectivity index (χ1) is 19.4. The van der Waals surface area contributed by atoms with Gasteiger partial charge in [-0.2, -0.15) is 9.40 Å². The number of alkyl halides is 1. The van der Waals surface area contributed by atoms with Gasteiger partial charge in [0.15, 0.2) is 5.52 Å². The number of nitrogens with zero attached hydrogens (tertiary/aromatic N) is 5. The fraction of sp³-hybridized carbons (Fsp3) is 0.538. The molecule has 0 saturated heterocycles. The first kappa shape index (κ1) is 32.8. The van der Waals surface area contributed by atoms with E-state index < -0.39 is 16.1 Å². The minimum Gasteiger partial charge on any atom is -0.493 e. The molecule has 0 aliphatic carbocycles. The van der Waals surface area contributed by atoms with Gasteiger partial charge in [-0.3, -0.25) is 14.4 Å². The van der Waals surface area contributed by atoms with Crippen molar-refractivity contribution in [2.75, 3.05) is 38.0 Å². The maximum atomic E-state index is 13.7. The van der Waals surface area contributed by atoms with E-state index in [-0.39, 0.29) is 40.1 Å². The summed E-state index contributed by atoms with van der Waals surface area (Å²) in [7, 11) is -0.505. The van der Waals surface area contributed by atoms with Crippen LogP contribution >= 0.6 is 22.6 Å². The molecular weight excluding hydrogens is 665 g/mol. The number of alkyl carbamates (subject to hydrolysis) is 1. The lowest BCUT2D eigenvalue weighted by molar-refractivity contribution is 0.0799. The average Bonchev–Trinajstić information content (AvgIpc) is 3.23. The van der Waals surface area contributed by atoms with Gasteiger partial charge >= 0.3 is 6.09 Å². The molecule has 3 rings (SSSR count). The first-order valence-electron chi connectivity index (χ1n) is 13.3. The van der Waals surface area contributed by atoms with Crippen LogP contribution in [0.1, 0.15) is 39.8 Å². The number of nitrogens with one attached hydrogen (secondary N) is 2. The summed E-state index contributed by atoms with van der Waals surface area (Å²) in [5.41, 5.74) is 1.51. The third-order valence-corrected chi connectivity index (χ3v) is 9.21. The summed E-state index contributed by atoms with van der Waals surface area (Å²) >= 11 is 2.00. The second-order valence-corrected chi connectivity index (χ2v) is 12.4. The number of hydrogen-bond acceptors (Lipinski definition) is 9. The van der Waals surface area contributed by atoms with Gasteiger partial charge in [-0.1, -0.05) is 35.9 Å². The van der Waals surface area contributed by atoms with Gasteiger partial charge in [0, 0.05) is 26.2 Å². The molecule has 0 aliphatic rings. The second kappa shape index (κ2) is 14.4. The van der Waals surface area contributed by atoms with Crippen LogP contribution in [0.4, 0.5) is 4.79 Å². The zero-order chi connectivity index (χ0) is 30.3. The Morgan fingerprint density at radius 1 is 1.24 bits per heavy atom. The molecule has 0 spiro atoms. The highest BCUT2D eigenvalue weighted by Crippen LogP contribution is 2.32. The van der Waals surface area contributed by atoms with Crippen LogP contribution in [0, 0.1) is 0 Å². The number of benzene rings is 1. The van der Waals surface area contributed by atoms with Crippen molar-refractivity contribution in [2.45, 2.75) is 51.5 Å². The van der Waals surface area contributed by atoms with Gasteiger partial charge < -0.3 is 19.8 Å². The van der Waals surface area contributed by atoms with E-state index in [4.69, 9.17) is 14.5 Å². The van der Waals surface area contributed by atoms with E-state index in [0.29, 0.717) is 47.6 Å². The number of aromatic nitrogens is 4. The molecule has 41 heavy (non-hydrogen) atoms. The number of likely N-dealkylation sites (N-methyl/N-ethyl adjacent to an activating group) is 1. The number of H-pyrrole nitrogens is 1. The van der Waals surface area contributed by atoms with Crippen LogP contribution in [0.5, 0.6) is 5.75 Å². The van der Waals surface area contributed by atoms with Crippen molar-refractivity contribution < 1.29 is 22.7 Å². The number of ether oxygens (including phenoxy) is 2. The van der Waals surface area contributed by atoms with Crippen LogP contribution in [0.3, 0.4) is 0 Å². The van der Waals surface area contributed by atoms with Crippen molar-refractivity contribution in [1.29, 1.82) is 0 Å². The van der Waals surface area contributed by atoms with Gasteiger partial charge in [-0.05, 0) is 52.4 Å². The number of carbonyl (C=O) groups is 1. The van der Waals surface area contributed by atoms with Crippen LogP contribution in [0.15, 0.2) is 27.9 Å². The molecule has 3 aromatic rings. The number of fused-ring (bicyclic) bond motifs is 1. The first-order valence-corrected chi connectivity index (χ1v) is 16.3. The number of carbonyl (C=O) groups excluding carboxylic acids is 1. The Morgan fingerprint density at radius 3 is 2.61 bits per heavy atom. The smallest absolute Gasteiger partial charge is 0.408 e. The lowest BCUT2D eigenvalue weighted by Crippen LogP contribution is -2.39. The molecule has 13 nitrogen and oxygen atoms in total. The largest absolute Gasteiger partial charge is 0.493 e. The number of amides is 1. The Hall–Kier alpha value is -2.76. The minimum atomic E-state index is -3.93. The van der Waals surface area contributed by atoms with Crippen molar-refractivity contribution in [3.63, 3.8) is 0 Å². The standard InChI is InChI=1S/C26H38IN7O6S/c1-7-9-20-22-23(33(6)31-20)25(35)30-24(29-22)19-14-18(10-11-21(19)39-8-2)41(37,38)34(15-27)13-12-32(5)16-40-26(36)28-17(3)4/h10-11,14,17H,7-9,12-13,15-16H2,1-6H3,(H,28,36)(H,29,30,35). The van der Waals surface area contributed by atoms with Gasteiger partial charge in [-0.25, -0.2) is 18.2 Å². The van der Waals surface area contributed by atoms with Crippen LogP contribution in [-0.4, -0.2) is 87.5 Å². The maximum absolute atomic E-state index is 13.7. The lowest BCUT2D eigenvalue weighted by Gasteiger charge is -2.24. The van der Waals surface area contributed by atoms with Crippen molar-refractivity contribution >= 4 is 49.7 Å². The molecule has 0 aliphatic heterocycles. The third-order valence-electron chi connectivity index (χ3n) is 6.08. The predicted octanol–water partition coefficient (Wildman–Crippen LogP) is 3.08. The molecule has 1 aromatic carbocycles. The summed E-state index contributed by atoms with van der Waals surface area (Å²) in [4.78, 5) is 34.0. The van der Waals surface area contributed by atoms with Crippen LogP contribution < -0.4 is 15.6 Å². The Morgan fingerprint density at radius 2 is 1.98 bits per heavy atom. The van der Waals surface area contributed by atoms with Gasteiger partial charge in [-0.15, -0.1) is 0 Å². The molecule has 0 radical (unpaired) electrons. The number of halogens is 1. The molecule has 2 heterocycles. The SMILES string of the molecule is CCCc1nn(C)c2c(=O)[nH]c(-c3cc(S(=O)(=O)N(CI)CCN(C)COC(=O)NC(C)C)ccc3OCC)nc12. The van der Waals surface area contributed by atoms with Crippen molar-refractivity contribution in [1.82, 2.24) is 34.3 Å². The summed E-state index contributed by atoms with van der Waals surface area (Å²) in [5.74, 6) is 0.596. The fourth-order valence-corrected chi connectivity index (χ4v) is 6.80. The van der Waals surface area contributed by atoms with E-state index in [0.717, 1.165) is 6.42 Å². The zero-order valence-electron chi connectivity index (χ0n) is 24.2. The molecule has 2 aromatic heterocycles. The molecule has 0 bridgehead atoms. The van der Waals surface area contributed by atoms with E-state index >= 15 is 0 Å². The quantitative estimate of drug-likeness (QED) is 0.112. The highest BCUT2D eigenvalue weighted by molar-refractivity contribution is 14.1. The number of rotatable bonds is 14. The van der Waals surface area contributed by atoms with Gasteiger partial charge in [0.2, 0.25) is 10.0 Å². The Balaban J connectivity index is 1.92. The molecule has 226 valence electrons. The van der Waals surface area contributed by atoms with Crippen molar-refractivity contribution in [2.24, 2.45) is 7.05 Å². The van der Waals surface area contributed by atoms with Crippen LogP contribution in [0.2, 0.25) is 0 Å². The molecule has 15 heteroatoms. The molecule has 0 atom stereocenters. The van der Waals surface area contributed by atoms with Gasteiger partial charge in [0.1, 0.15) is 23.8 Å². The third kappa shape index (κ3) is 7.96. The Bertz CT molecular complexity index is 1520. The van der Waals surface area contributed by atoms with E-state index in [1.807, 2.05) is 50.3 Å². The Kier molecular flexibility index (Phi) is 11.5. The van der Waals surface area contributed by atoms with Gasteiger partial charge in [0.05, 0.1) is 27.3 Å². The highest BCUT2D eigenvalue weighted by Gasteiger charge is 2.26. The highest BCUT2D eigenvalue weighted by atomic mass is 127. The lowest BCUT2D eigenvalue weighted by atomic mass is 10.1. The van der Waals surface area contributed by atoms with Crippen LogP contribution in [-0.2, 0) is 28.2 Å². The summed E-state index contributed by atoms with van der Waals surface area (Å²) in [5, 5.41) is 7.10. The molecular formula is C26H38IN7O6S. The number of sulfonamides is 1. The molecule has 2 N–H and O–H groups in total. The maximum Gasteiger partial charge on any atom is 0.408 e. The number of hydrogen-bond donors (Lipinski definition) is 2. The van der Waals surface area contributed by atoms with E-state index in [1.165, 1.54) is 21.1 Å². The van der Waals surface area contributed by atoms with Crippen molar-refractivity contribution in [3.05, 3.63) is 34.2 Å².